The van der Waals surface area contributed by atoms with Gasteiger partial charge in [-0.15, -0.1) is 0 Å². The zero-order chi connectivity index (χ0) is 13.0. The molecular formula is C12H17BrN2O3. The van der Waals surface area contributed by atoms with Crippen molar-refractivity contribution in [1.82, 2.24) is 10.2 Å². The molecule has 1 aliphatic heterocycles. The molecule has 100 valence electrons. The summed E-state index contributed by atoms with van der Waals surface area (Å²) in [4.78, 5) is 14.0. The summed E-state index contributed by atoms with van der Waals surface area (Å²) in [5.41, 5.74) is 0. The van der Waals surface area contributed by atoms with Gasteiger partial charge in [0.05, 0.1) is 13.2 Å². The summed E-state index contributed by atoms with van der Waals surface area (Å²) in [6.45, 7) is 6.02. The van der Waals surface area contributed by atoms with Crippen LogP contribution in [0.1, 0.15) is 17.5 Å². The summed E-state index contributed by atoms with van der Waals surface area (Å²) < 4.78 is 11.1. The van der Waals surface area contributed by atoms with Crippen LogP contribution in [0.2, 0.25) is 0 Å². The Morgan fingerprint density at radius 1 is 1.61 bits per heavy atom. The minimum atomic E-state index is -0.179. The van der Waals surface area contributed by atoms with E-state index in [1.807, 2.05) is 0 Å². The first-order chi connectivity index (χ1) is 8.66. The molecule has 18 heavy (non-hydrogen) atoms. The molecule has 0 aliphatic carbocycles. The molecule has 1 fully saturated rings. The maximum atomic E-state index is 11.7. The van der Waals surface area contributed by atoms with Gasteiger partial charge >= 0.3 is 0 Å². The van der Waals surface area contributed by atoms with E-state index in [4.69, 9.17) is 9.15 Å². The molecule has 1 aromatic heterocycles. The number of halogens is 1. The third-order valence-corrected chi connectivity index (χ3v) is 3.41. The van der Waals surface area contributed by atoms with E-state index >= 15 is 0 Å². The summed E-state index contributed by atoms with van der Waals surface area (Å²) in [7, 11) is 0. The second kappa shape index (κ2) is 6.36. The fourth-order valence-corrected chi connectivity index (χ4v) is 2.24. The van der Waals surface area contributed by atoms with Gasteiger partial charge in [0.15, 0.2) is 10.4 Å². The van der Waals surface area contributed by atoms with E-state index in [9.17, 15) is 4.79 Å². The third kappa shape index (κ3) is 3.57. The number of furan rings is 1. The normalized spacial score (nSPS) is 20.9. The first kappa shape index (κ1) is 13.6. The molecule has 1 aliphatic rings. The van der Waals surface area contributed by atoms with Crippen molar-refractivity contribution in [2.24, 2.45) is 0 Å². The topological polar surface area (TPSA) is 54.7 Å². The van der Waals surface area contributed by atoms with Crippen molar-refractivity contribution in [3.8, 4) is 0 Å². The number of carbonyl (C=O) groups is 1. The highest BCUT2D eigenvalue weighted by atomic mass is 79.9. The van der Waals surface area contributed by atoms with Crippen LogP contribution >= 0.6 is 15.9 Å². The van der Waals surface area contributed by atoms with Crippen LogP contribution in [0.25, 0.3) is 0 Å². The average Bonchev–Trinajstić information content (AvgIpc) is 2.78. The Bertz CT molecular complexity index is 408. The summed E-state index contributed by atoms with van der Waals surface area (Å²) in [5.74, 6) is 0.151. The zero-order valence-electron chi connectivity index (χ0n) is 10.3. The third-order valence-electron chi connectivity index (χ3n) is 2.99. The number of rotatable bonds is 4. The van der Waals surface area contributed by atoms with Gasteiger partial charge in [0.25, 0.3) is 5.91 Å². The number of amides is 1. The SMILES string of the molecule is CC1COCCN1CCNC(=O)c1ccc(Br)o1. The standard InChI is InChI=1S/C12H17BrN2O3/c1-9-8-17-7-6-15(9)5-4-14-12(16)10-2-3-11(13)18-10/h2-3,9H,4-8H2,1H3,(H,14,16). The number of hydrogen-bond acceptors (Lipinski definition) is 4. The Hall–Kier alpha value is -0.850. The summed E-state index contributed by atoms with van der Waals surface area (Å²) in [6.07, 6.45) is 0. The van der Waals surface area contributed by atoms with E-state index in [1.54, 1.807) is 12.1 Å². The molecule has 1 aromatic rings. The van der Waals surface area contributed by atoms with Crippen LogP contribution in [-0.4, -0.2) is 49.7 Å². The number of carbonyl (C=O) groups excluding carboxylic acids is 1. The highest BCUT2D eigenvalue weighted by molar-refractivity contribution is 9.10. The van der Waals surface area contributed by atoms with Crippen molar-refractivity contribution in [3.63, 3.8) is 0 Å². The quantitative estimate of drug-likeness (QED) is 0.914. The Labute approximate surface area is 115 Å². The van der Waals surface area contributed by atoms with Gasteiger partial charge in [-0.05, 0) is 35.0 Å². The summed E-state index contributed by atoms with van der Waals surface area (Å²) in [6, 6.07) is 3.77. The van der Waals surface area contributed by atoms with E-state index in [0.29, 0.717) is 23.0 Å². The van der Waals surface area contributed by atoms with Gasteiger partial charge in [-0.2, -0.15) is 0 Å². The van der Waals surface area contributed by atoms with Crippen molar-refractivity contribution in [2.45, 2.75) is 13.0 Å². The van der Waals surface area contributed by atoms with Gasteiger partial charge in [-0.3, -0.25) is 9.69 Å². The first-order valence-corrected chi connectivity index (χ1v) is 6.81. The van der Waals surface area contributed by atoms with Crippen LogP contribution < -0.4 is 5.32 Å². The minimum absolute atomic E-state index is 0.179. The second-order valence-electron chi connectivity index (χ2n) is 4.32. The molecule has 0 saturated carbocycles. The van der Waals surface area contributed by atoms with Crippen LogP contribution in [-0.2, 0) is 4.74 Å². The summed E-state index contributed by atoms with van der Waals surface area (Å²) >= 11 is 3.17. The van der Waals surface area contributed by atoms with Gasteiger partial charge in [0.2, 0.25) is 0 Å². The van der Waals surface area contributed by atoms with Crippen molar-refractivity contribution < 1.29 is 13.9 Å². The number of morpholine rings is 1. The molecule has 5 nitrogen and oxygen atoms in total. The van der Waals surface area contributed by atoms with Crippen molar-refractivity contribution >= 4 is 21.8 Å². The largest absolute Gasteiger partial charge is 0.444 e. The van der Waals surface area contributed by atoms with Gasteiger partial charge in [-0.25, -0.2) is 0 Å². The molecule has 1 atom stereocenters. The second-order valence-corrected chi connectivity index (χ2v) is 5.10. The van der Waals surface area contributed by atoms with E-state index in [0.717, 1.165) is 26.3 Å². The molecule has 1 unspecified atom stereocenters. The number of hydrogen-bond donors (Lipinski definition) is 1. The van der Waals surface area contributed by atoms with Crippen molar-refractivity contribution in [2.75, 3.05) is 32.8 Å². The minimum Gasteiger partial charge on any atom is -0.444 e. The molecule has 1 amide bonds. The first-order valence-electron chi connectivity index (χ1n) is 6.02. The molecule has 6 heteroatoms. The van der Waals surface area contributed by atoms with E-state index < -0.39 is 0 Å². The molecule has 1 saturated heterocycles. The lowest BCUT2D eigenvalue weighted by Crippen LogP contribution is -2.46. The monoisotopic (exact) mass is 316 g/mol. The fourth-order valence-electron chi connectivity index (χ4n) is 1.93. The lowest BCUT2D eigenvalue weighted by molar-refractivity contribution is 0.000511. The van der Waals surface area contributed by atoms with Crippen LogP contribution in [0.5, 0.6) is 0 Å². The van der Waals surface area contributed by atoms with Crippen molar-refractivity contribution in [1.29, 1.82) is 0 Å². The summed E-state index contributed by atoms with van der Waals surface area (Å²) in [5, 5.41) is 2.84. The van der Waals surface area contributed by atoms with E-state index in [-0.39, 0.29) is 5.91 Å². The molecular weight excluding hydrogens is 300 g/mol. The average molecular weight is 317 g/mol. The van der Waals surface area contributed by atoms with Crippen LogP contribution in [0, 0.1) is 0 Å². The predicted molar refractivity (Wildman–Crippen MR) is 70.6 cm³/mol. The maximum Gasteiger partial charge on any atom is 0.287 e. The number of ether oxygens (including phenoxy) is 1. The van der Waals surface area contributed by atoms with Crippen LogP contribution in [0.15, 0.2) is 21.2 Å². The molecule has 0 spiro atoms. The molecule has 1 N–H and O–H groups in total. The lowest BCUT2D eigenvalue weighted by atomic mass is 10.2. The molecule has 2 heterocycles. The fraction of sp³-hybridized carbons (Fsp3) is 0.583. The Balaban J connectivity index is 1.73. The predicted octanol–water partition coefficient (Wildman–Crippen LogP) is 1.49. The molecule has 0 radical (unpaired) electrons. The highest BCUT2D eigenvalue weighted by Gasteiger charge is 2.18. The Morgan fingerprint density at radius 3 is 3.11 bits per heavy atom. The van der Waals surface area contributed by atoms with Gasteiger partial charge < -0.3 is 14.5 Å². The van der Waals surface area contributed by atoms with Crippen LogP contribution in [0.3, 0.4) is 0 Å². The smallest absolute Gasteiger partial charge is 0.287 e. The van der Waals surface area contributed by atoms with Gasteiger partial charge in [0.1, 0.15) is 0 Å². The highest BCUT2D eigenvalue weighted by Crippen LogP contribution is 2.13. The molecule has 0 aromatic carbocycles. The number of nitrogens with one attached hydrogen (secondary N) is 1. The van der Waals surface area contributed by atoms with Crippen molar-refractivity contribution in [3.05, 3.63) is 22.6 Å². The number of nitrogens with zero attached hydrogens (tertiary/aromatic N) is 1. The van der Waals surface area contributed by atoms with E-state index in [2.05, 4.69) is 33.1 Å². The Kier molecular flexibility index (Phi) is 4.79. The van der Waals surface area contributed by atoms with Crippen LogP contribution in [0.4, 0.5) is 0 Å². The Morgan fingerprint density at radius 2 is 2.44 bits per heavy atom. The molecule has 2 rings (SSSR count). The van der Waals surface area contributed by atoms with Gasteiger partial charge in [0, 0.05) is 25.7 Å². The van der Waals surface area contributed by atoms with E-state index in [1.165, 1.54) is 0 Å². The zero-order valence-corrected chi connectivity index (χ0v) is 11.9. The molecule has 0 bridgehead atoms. The van der Waals surface area contributed by atoms with Gasteiger partial charge in [-0.1, -0.05) is 0 Å². The maximum absolute atomic E-state index is 11.7. The lowest BCUT2D eigenvalue weighted by Gasteiger charge is -2.33.